The van der Waals surface area contributed by atoms with Crippen LogP contribution in [0.2, 0.25) is 0 Å². The second-order valence-corrected chi connectivity index (χ2v) is 9.41. The zero-order chi connectivity index (χ0) is 27.4. The van der Waals surface area contributed by atoms with Crippen LogP contribution in [0.1, 0.15) is 45.2 Å². The van der Waals surface area contributed by atoms with Gasteiger partial charge in [-0.25, -0.2) is 9.96 Å². The average molecular weight is 531 g/mol. The van der Waals surface area contributed by atoms with Crippen LogP contribution >= 0.6 is 0 Å². The first-order valence-corrected chi connectivity index (χ1v) is 13.6. The van der Waals surface area contributed by atoms with Crippen LogP contribution in [0, 0.1) is 5.92 Å². The van der Waals surface area contributed by atoms with E-state index in [1.807, 2.05) is 68.4 Å². The highest BCUT2D eigenvalue weighted by molar-refractivity contribution is 6.24. The predicted octanol–water partition coefficient (Wildman–Crippen LogP) is 5.71. The zero-order valence-electron chi connectivity index (χ0n) is 22.5. The van der Waals surface area contributed by atoms with Crippen molar-refractivity contribution >= 4 is 23.2 Å². The van der Waals surface area contributed by atoms with Gasteiger partial charge in [0.15, 0.2) is 17.6 Å². The van der Waals surface area contributed by atoms with Crippen LogP contribution < -0.4 is 24.2 Å². The average Bonchev–Trinajstić information content (AvgIpc) is 3.46. The van der Waals surface area contributed by atoms with E-state index in [1.165, 1.54) is 4.90 Å². The van der Waals surface area contributed by atoms with Crippen molar-refractivity contribution in [2.24, 2.45) is 5.92 Å². The number of fused-ring (bicyclic) bond motifs is 1. The molecule has 2 fully saturated rings. The molecule has 3 aromatic rings. The van der Waals surface area contributed by atoms with Gasteiger partial charge in [0.25, 0.3) is 5.91 Å². The molecule has 2 aliphatic heterocycles. The maximum absolute atomic E-state index is 14.1. The van der Waals surface area contributed by atoms with Gasteiger partial charge in [0.05, 0.1) is 37.2 Å². The second kappa shape index (κ2) is 11.8. The molecule has 0 aromatic heterocycles. The first-order chi connectivity index (χ1) is 19.1. The van der Waals surface area contributed by atoms with Crippen LogP contribution in [0.3, 0.4) is 0 Å². The van der Waals surface area contributed by atoms with E-state index in [-0.39, 0.29) is 5.91 Å². The Hall–Kier alpha value is -4.04. The number of anilines is 2. The lowest BCUT2D eigenvalue weighted by Gasteiger charge is -2.29. The van der Waals surface area contributed by atoms with E-state index < -0.39 is 24.0 Å². The lowest BCUT2D eigenvalue weighted by atomic mass is 9.90. The van der Waals surface area contributed by atoms with Crippen LogP contribution in [0.25, 0.3) is 0 Å². The van der Waals surface area contributed by atoms with Gasteiger partial charge in [-0.1, -0.05) is 49.7 Å². The number of unbranched alkanes of at least 4 members (excludes halogenated alkanes) is 1. The van der Waals surface area contributed by atoms with Crippen LogP contribution in [0.4, 0.5) is 11.4 Å². The van der Waals surface area contributed by atoms with Crippen LogP contribution in [0.5, 0.6) is 17.2 Å². The number of ether oxygens (including phenoxy) is 3. The maximum Gasteiger partial charge on any atom is 0.266 e. The van der Waals surface area contributed by atoms with E-state index in [0.717, 1.165) is 24.1 Å². The fourth-order valence-electron chi connectivity index (χ4n) is 5.13. The fourth-order valence-corrected chi connectivity index (χ4v) is 5.13. The van der Waals surface area contributed by atoms with Crippen molar-refractivity contribution in [1.29, 1.82) is 0 Å². The Morgan fingerprint density at radius 1 is 0.769 bits per heavy atom. The summed E-state index contributed by atoms with van der Waals surface area (Å²) in [7, 11) is 0. The molecule has 8 heteroatoms. The van der Waals surface area contributed by atoms with Crippen molar-refractivity contribution in [3.63, 3.8) is 0 Å². The van der Waals surface area contributed by atoms with Gasteiger partial charge < -0.3 is 14.2 Å². The minimum atomic E-state index is -0.978. The number of benzene rings is 3. The number of hydrogen-bond donors (Lipinski definition) is 0. The number of hydrogen-bond acceptors (Lipinski definition) is 7. The van der Waals surface area contributed by atoms with Gasteiger partial charge in [-0.2, -0.15) is 0 Å². The van der Waals surface area contributed by atoms with Crippen molar-refractivity contribution in [2.75, 3.05) is 29.8 Å². The summed E-state index contributed by atoms with van der Waals surface area (Å²) in [5, 5.41) is 1.68. The Balaban J connectivity index is 1.56. The van der Waals surface area contributed by atoms with E-state index in [2.05, 4.69) is 6.92 Å². The Labute approximate surface area is 229 Å². The number of carbonyl (C=O) groups excluding carboxylic acids is 2. The summed E-state index contributed by atoms with van der Waals surface area (Å²) in [6.45, 7) is 7.35. The zero-order valence-corrected chi connectivity index (χ0v) is 22.5. The Morgan fingerprint density at radius 3 is 2.23 bits per heavy atom. The smallest absolute Gasteiger partial charge is 0.266 e. The number of carbonyl (C=O) groups is 2. The first kappa shape index (κ1) is 26.6. The third-order valence-electron chi connectivity index (χ3n) is 6.90. The molecule has 2 heterocycles. The standard InChI is InChI=1S/C31H34N2O6/c1-4-7-19-38-25-18-17-21(20-26(25)37-6-3)28-27-29(39-33(28)22-13-9-8-10-14-22)31(35)32(30(27)34)23-15-11-12-16-24(23)36-5-2/h8-18,20,27-29H,4-7,19H2,1-3H3/t27-,28-,29+/m1/s1. The highest BCUT2D eigenvalue weighted by Crippen LogP contribution is 2.49. The largest absolute Gasteiger partial charge is 0.492 e. The van der Waals surface area contributed by atoms with E-state index in [1.54, 1.807) is 23.3 Å². The fraction of sp³-hybridized carbons (Fsp3) is 0.355. The third kappa shape index (κ3) is 5.04. The molecule has 39 heavy (non-hydrogen) atoms. The quantitative estimate of drug-likeness (QED) is 0.232. The van der Waals surface area contributed by atoms with Crippen LogP contribution in [0.15, 0.2) is 72.8 Å². The lowest BCUT2D eigenvalue weighted by Crippen LogP contribution is -2.37. The number of rotatable bonds is 11. The molecule has 2 aliphatic rings. The maximum atomic E-state index is 14.1. The molecule has 2 saturated heterocycles. The molecule has 5 rings (SSSR count). The number of para-hydroxylation sites is 3. The number of nitrogens with zero attached hydrogens (tertiary/aromatic N) is 2. The Kier molecular flexibility index (Phi) is 8.02. The summed E-state index contributed by atoms with van der Waals surface area (Å²) >= 11 is 0. The van der Waals surface area contributed by atoms with Crippen LogP contribution in [-0.4, -0.2) is 37.7 Å². The summed E-state index contributed by atoms with van der Waals surface area (Å²) < 4.78 is 17.7. The van der Waals surface area contributed by atoms with E-state index in [4.69, 9.17) is 19.0 Å². The molecule has 0 aliphatic carbocycles. The first-order valence-electron chi connectivity index (χ1n) is 13.6. The van der Waals surface area contributed by atoms with Crippen molar-refractivity contribution in [1.82, 2.24) is 0 Å². The number of amides is 2. The summed E-state index contributed by atoms with van der Waals surface area (Å²) in [5.74, 6) is 0.209. The topological polar surface area (TPSA) is 77.5 Å². The summed E-state index contributed by atoms with van der Waals surface area (Å²) in [5.41, 5.74) is 1.96. The molecule has 0 saturated carbocycles. The van der Waals surface area contributed by atoms with Gasteiger partial charge in [-0.05, 0) is 62.2 Å². The van der Waals surface area contributed by atoms with E-state index >= 15 is 0 Å². The van der Waals surface area contributed by atoms with Crippen LogP contribution in [-0.2, 0) is 14.4 Å². The molecule has 2 amide bonds. The minimum Gasteiger partial charge on any atom is -0.492 e. The van der Waals surface area contributed by atoms with Crippen molar-refractivity contribution < 1.29 is 28.6 Å². The Bertz CT molecular complexity index is 1310. The summed E-state index contributed by atoms with van der Waals surface area (Å²) in [6.07, 6.45) is 0.981. The molecule has 0 radical (unpaired) electrons. The highest BCUT2D eigenvalue weighted by atomic mass is 16.7. The van der Waals surface area contributed by atoms with Crippen molar-refractivity contribution in [3.05, 3.63) is 78.4 Å². The normalized spacial score (nSPS) is 20.3. The molecular weight excluding hydrogens is 496 g/mol. The summed E-state index contributed by atoms with van der Waals surface area (Å²) in [6, 6.07) is 21.7. The molecule has 0 N–H and O–H groups in total. The number of imide groups is 1. The minimum absolute atomic E-state index is 0.332. The van der Waals surface area contributed by atoms with Crippen molar-refractivity contribution in [2.45, 2.75) is 45.8 Å². The lowest BCUT2D eigenvalue weighted by molar-refractivity contribution is -0.126. The Morgan fingerprint density at radius 2 is 1.49 bits per heavy atom. The van der Waals surface area contributed by atoms with Gasteiger partial charge in [0, 0.05) is 0 Å². The van der Waals surface area contributed by atoms with Gasteiger partial charge >= 0.3 is 0 Å². The van der Waals surface area contributed by atoms with E-state index in [0.29, 0.717) is 42.8 Å². The molecule has 3 atom stereocenters. The van der Waals surface area contributed by atoms with Crippen molar-refractivity contribution in [3.8, 4) is 17.2 Å². The molecule has 0 spiro atoms. The van der Waals surface area contributed by atoms with Gasteiger partial charge in [-0.3, -0.25) is 14.4 Å². The third-order valence-corrected chi connectivity index (χ3v) is 6.90. The van der Waals surface area contributed by atoms with Gasteiger partial charge in [0.2, 0.25) is 5.91 Å². The molecule has 3 aromatic carbocycles. The molecule has 0 unspecified atom stereocenters. The molecular formula is C31H34N2O6. The molecule has 0 bridgehead atoms. The SMILES string of the molecule is CCCCOc1ccc([C@@H]2[C@H]3C(=O)N(c4ccccc4OCC)C(=O)[C@H]3ON2c2ccccc2)cc1OCC. The predicted molar refractivity (Wildman–Crippen MR) is 148 cm³/mol. The second-order valence-electron chi connectivity index (χ2n) is 9.41. The number of hydroxylamine groups is 1. The van der Waals surface area contributed by atoms with Gasteiger partial charge in [0.1, 0.15) is 11.7 Å². The molecule has 204 valence electrons. The summed E-state index contributed by atoms with van der Waals surface area (Å²) in [4.78, 5) is 35.3. The monoisotopic (exact) mass is 530 g/mol. The molecule has 8 nitrogen and oxygen atoms in total. The van der Waals surface area contributed by atoms with Gasteiger partial charge in [-0.15, -0.1) is 0 Å². The van der Waals surface area contributed by atoms with E-state index in [9.17, 15) is 9.59 Å². The highest BCUT2D eigenvalue weighted by Gasteiger charge is 2.60.